The summed E-state index contributed by atoms with van der Waals surface area (Å²) in [6.07, 6.45) is 2.18. The average molecular weight is 274 g/mol. The number of amides is 1. The molecule has 4 nitrogen and oxygen atoms in total. The van der Waals surface area contributed by atoms with Crippen LogP contribution in [0.25, 0.3) is 0 Å². The molecule has 1 aliphatic heterocycles. The molecule has 2 aliphatic rings. The van der Waals surface area contributed by atoms with E-state index >= 15 is 0 Å². The van der Waals surface area contributed by atoms with Gasteiger partial charge in [-0.05, 0) is 37.1 Å². The number of hydrogen-bond donors (Lipinski definition) is 2. The summed E-state index contributed by atoms with van der Waals surface area (Å²) in [6.45, 7) is 4.99. The number of nitrogens with zero attached hydrogens (tertiary/aromatic N) is 1. The van der Waals surface area contributed by atoms with E-state index in [2.05, 4.69) is 19.2 Å². The second-order valence-corrected chi connectivity index (χ2v) is 6.47. The first-order chi connectivity index (χ1) is 9.48. The molecule has 1 aliphatic carbocycles. The van der Waals surface area contributed by atoms with Crippen molar-refractivity contribution < 1.29 is 9.90 Å². The maximum absolute atomic E-state index is 11.7. The zero-order valence-corrected chi connectivity index (χ0v) is 12.1. The van der Waals surface area contributed by atoms with Crippen molar-refractivity contribution in [3.63, 3.8) is 0 Å². The molecule has 1 saturated heterocycles. The van der Waals surface area contributed by atoms with E-state index in [9.17, 15) is 9.90 Å². The average Bonchev–Trinajstić information content (AvgIpc) is 2.85. The molecular formula is C16H22N2O2. The summed E-state index contributed by atoms with van der Waals surface area (Å²) in [5.41, 5.74) is 1.94. The Bertz CT molecular complexity index is 510. The van der Waals surface area contributed by atoms with Crippen molar-refractivity contribution in [2.24, 2.45) is 5.41 Å². The van der Waals surface area contributed by atoms with E-state index < -0.39 is 0 Å². The highest BCUT2D eigenvalue weighted by atomic mass is 16.3. The van der Waals surface area contributed by atoms with Crippen LogP contribution < -0.4 is 10.2 Å². The van der Waals surface area contributed by atoms with E-state index in [4.69, 9.17) is 0 Å². The standard InChI is InChI=1S/C16H22N2O2/c1-16(2)13(10-14(16)19)17-11-5-7-12(8-6-11)18-9-3-4-15(18)20/h5-8,13-14,17,19H,3-4,9-10H2,1-2H3. The van der Waals surface area contributed by atoms with Gasteiger partial charge in [0.05, 0.1) is 6.10 Å². The van der Waals surface area contributed by atoms with Gasteiger partial charge in [-0.25, -0.2) is 0 Å². The van der Waals surface area contributed by atoms with E-state index in [1.54, 1.807) is 0 Å². The Morgan fingerprint density at radius 1 is 1.30 bits per heavy atom. The molecule has 2 fully saturated rings. The van der Waals surface area contributed by atoms with Gasteiger partial charge in [0.15, 0.2) is 0 Å². The minimum atomic E-state index is -0.221. The van der Waals surface area contributed by atoms with Crippen LogP contribution in [0.2, 0.25) is 0 Å². The Morgan fingerprint density at radius 2 is 2.00 bits per heavy atom. The van der Waals surface area contributed by atoms with Crippen LogP contribution in [0, 0.1) is 5.41 Å². The first kappa shape index (κ1) is 13.4. The maximum atomic E-state index is 11.7. The summed E-state index contributed by atoms with van der Waals surface area (Å²) < 4.78 is 0. The molecule has 20 heavy (non-hydrogen) atoms. The summed E-state index contributed by atoms with van der Waals surface area (Å²) in [7, 11) is 0. The Balaban J connectivity index is 1.66. The van der Waals surface area contributed by atoms with E-state index in [0.717, 1.165) is 30.8 Å². The van der Waals surface area contributed by atoms with Gasteiger partial charge < -0.3 is 15.3 Å². The number of carbonyl (C=O) groups excluding carboxylic acids is 1. The van der Waals surface area contributed by atoms with E-state index in [-0.39, 0.29) is 17.4 Å². The van der Waals surface area contributed by atoms with Crippen LogP contribution in [-0.4, -0.2) is 29.7 Å². The highest BCUT2D eigenvalue weighted by Gasteiger charge is 2.47. The van der Waals surface area contributed by atoms with Gasteiger partial charge in [-0.3, -0.25) is 4.79 Å². The molecule has 1 saturated carbocycles. The minimum absolute atomic E-state index is 0.0798. The van der Waals surface area contributed by atoms with Gasteiger partial charge in [0.25, 0.3) is 0 Å². The molecule has 4 heteroatoms. The third-order valence-corrected chi connectivity index (χ3v) is 4.81. The van der Waals surface area contributed by atoms with Crippen molar-refractivity contribution in [1.82, 2.24) is 0 Å². The Morgan fingerprint density at radius 3 is 2.50 bits per heavy atom. The zero-order valence-electron chi connectivity index (χ0n) is 12.1. The second-order valence-electron chi connectivity index (χ2n) is 6.47. The van der Waals surface area contributed by atoms with Crippen molar-refractivity contribution in [3.8, 4) is 0 Å². The molecule has 2 atom stereocenters. The van der Waals surface area contributed by atoms with Gasteiger partial charge in [-0.15, -0.1) is 0 Å². The number of rotatable bonds is 3. The molecule has 0 bridgehead atoms. The van der Waals surface area contributed by atoms with Crippen molar-refractivity contribution in [2.45, 2.75) is 45.3 Å². The molecule has 1 heterocycles. The molecule has 1 aromatic carbocycles. The Labute approximate surface area is 119 Å². The molecular weight excluding hydrogens is 252 g/mol. The minimum Gasteiger partial charge on any atom is -0.392 e. The molecule has 0 spiro atoms. The molecule has 2 unspecified atom stereocenters. The van der Waals surface area contributed by atoms with Crippen LogP contribution in [-0.2, 0) is 4.79 Å². The molecule has 2 N–H and O–H groups in total. The first-order valence-corrected chi connectivity index (χ1v) is 7.33. The van der Waals surface area contributed by atoms with Crippen molar-refractivity contribution in [3.05, 3.63) is 24.3 Å². The highest BCUT2D eigenvalue weighted by Crippen LogP contribution is 2.42. The van der Waals surface area contributed by atoms with Crippen molar-refractivity contribution in [2.75, 3.05) is 16.8 Å². The van der Waals surface area contributed by atoms with E-state index in [1.807, 2.05) is 29.2 Å². The van der Waals surface area contributed by atoms with Crippen LogP contribution in [0.15, 0.2) is 24.3 Å². The normalized spacial score (nSPS) is 28.4. The third-order valence-electron chi connectivity index (χ3n) is 4.81. The molecule has 3 rings (SSSR count). The SMILES string of the molecule is CC1(C)C(O)CC1Nc1ccc(N2CCCC2=O)cc1. The number of benzene rings is 1. The Kier molecular flexibility index (Phi) is 3.21. The maximum Gasteiger partial charge on any atom is 0.227 e. The fourth-order valence-electron chi connectivity index (χ4n) is 3.01. The quantitative estimate of drug-likeness (QED) is 0.890. The van der Waals surface area contributed by atoms with E-state index in [1.165, 1.54) is 0 Å². The summed E-state index contributed by atoms with van der Waals surface area (Å²) in [5, 5.41) is 13.2. The highest BCUT2D eigenvalue weighted by molar-refractivity contribution is 5.95. The number of anilines is 2. The molecule has 1 aromatic rings. The number of nitrogens with one attached hydrogen (secondary N) is 1. The number of aliphatic hydroxyl groups excluding tert-OH is 1. The van der Waals surface area contributed by atoms with Gasteiger partial charge in [-0.1, -0.05) is 13.8 Å². The lowest BCUT2D eigenvalue weighted by Crippen LogP contribution is -2.56. The summed E-state index contributed by atoms with van der Waals surface area (Å²) in [4.78, 5) is 13.5. The molecule has 108 valence electrons. The fourth-order valence-corrected chi connectivity index (χ4v) is 3.01. The molecule has 0 aromatic heterocycles. The van der Waals surface area contributed by atoms with Gasteiger partial charge in [0.2, 0.25) is 5.91 Å². The molecule has 1 amide bonds. The van der Waals surface area contributed by atoms with Crippen LogP contribution in [0.5, 0.6) is 0 Å². The smallest absolute Gasteiger partial charge is 0.227 e. The number of hydrogen-bond acceptors (Lipinski definition) is 3. The molecule has 0 radical (unpaired) electrons. The number of aliphatic hydroxyl groups is 1. The van der Waals surface area contributed by atoms with Crippen LogP contribution >= 0.6 is 0 Å². The Hall–Kier alpha value is -1.55. The van der Waals surface area contributed by atoms with Crippen LogP contribution in [0.4, 0.5) is 11.4 Å². The fraction of sp³-hybridized carbons (Fsp3) is 0.562. The summed E-state index contributed by atoms with van der Waals surface area (Å²) >= 11 is 0. The predicted octanol–water partition coefficient (Wildman–Crippen LogP) is 2.38. The van der Waals surface area contributed by atoms with Crippen LogP contribution in [0.1, 0.15) is 33.1 Å². The predicted molar refractivity (Wildman–Crippen MR) is 79.8 cm³/mol. The van der Waals surface area contributed by atoms with Crippen molar-refractivity contribution >= 4 is 17.3 Å². The van der Waals surface area contributed by atoms with Gasteiger partial charge >= 0.3 is 0 Å². The van der Waals surface area contributed by atoms with Gasteiger partial charge in [0, 0.05) is 35.8 Å². The summed E-state index contributed by atoms with van der Waals surface area (Å²) in [6, 6.07) is 8.32. The third kappa shape index (κ3) is 2.18. The van der Waals surface area contributed by atoms with Gasteiger partial charge in [-0.2, -0.15) is 0 Å². The van der Waals surface area contributed by atoms with E-state index in [0.29, 0.717) is 12.5 Å². The number of carbonyl (C=O) groups is 1. The summed E-state index contributed by atoms with van der Waals surface area (Å²) in [5.74, 6) is 0.217. The largest absolute Gasteiger partial charge is 0.392 e. The lowest BCUT2D eigenvalue weighted by atomic mass is 9.64. The lowest BCUT2D eigenvalue weighted by molar-refractivity contribution is -0.117. The first-order valence-electron chi connectivity index (χ1n) is 7.33. The van der Waals surface area contributed by atoms with Crippen molar-refractivity contribution in [1.29, 1.82) is 0 Å². The lowest BCUT2D eigenvalue weighted by Gasteiger charge is -2.49. The monoisotopic (exact) mass is 274 g/mol. The topological polar surface area (TPSA) is 52.6 Å². The second kappa shape index (κ2) is 4.77. The van der Waals surface area contributed by atoms with Crippen LogP contribution in [0.3, 0.4) is 0 Å². The van der Waals surface area contributed by atoms with Gasteiger partial charge in [0.1, 0.15) is 0 Å². The zero-order chi connectivity index (χ0) is 14.3.